The average molecular weight is 258 g/mol. The van der Waals surface area contributed by atoms with Gasteiger partial charge in [-0.2, -0.15) is 0 Å². The highest BCUT2D eigenvalue weighted by molar-refractivity contribution is 4.95. The van der Waals surface area contributed by atoms with E-state index in [1.807, 2.05) is 6.92 Å². The fourth-order valence-electron chi connectivity index (χ4n) is 2.57. The maximum absolute atomic E-state index is 6.02. The maximum Gasteiger partial charge on any atom is 0.0660 e. The van der Waals surface area contributed by atoms with Gasteiger partial charge in [-0.15, -0.1) is 0 Å². The topological polar surface area (TPSA) is 47.7 Å². The molecule has 2 unspecified atom stereocenters. The van der Waals surface area contributed by atoms with E-state index < -0.39 is 0 Å². The van der Waals surface area contributed by atoms with Crippen molar-refractivity contribution in [2.45, 2.75) is 45.2 Å². The lowest BCUT2D eigenvalue weighted by Gasteiger charge is -2.44. The molecule has 1 saturated carbocycles. The van der Waals surface area contributed by atoms with Crippen LogP contribution in [0.1, 0.15) is 33.6 Å². The third-order valence-electron chi connectivity index (χ3n) is 4.08. The van der Waals surface area contributed by atoms with Crippen molar-refractivity contribution < 1.29 is 9.47 Å². The van der Waals surface area contributed by atoms with E-state index in [-0.39, 0.29) is 5.54 Å². The molecule has 0 heterocycles. The van der Waals surface area contributed by atoms with Crippen LogP contribution in [0, 0.1) is 5.92 Å². The smallest absolute Gasteiger partial charge is 0.0660 e. The average Bonchev–Trinajstić information content (AvgIpc) is 3.20. The molecule has 2 atom stereocenters. The number of nitrogens with zero attached hydrogens (tertiary/aromatic N) is 1. The SMILES string of the molecule is CCOCC(C)(CN)N(CCOC)C(C)C1CC1. The van der Waals surface area contributed by atoms with Gasteiger partial charge >= 0.3 is 0 Å². The third-order valence-corrected chi connectivity index (χ3v) is 4.08. The molecule has 0 aliphatic heterocycles. The summed E-state index contributed by atoms with van der Waals surface area (Å²) in [5.74, 6) is 0.828. The van der Waals surface area contributed by atoms with E-state index in [0.29, 0.717) is 19.2 Å². The minimum absolute atomic E-state index is 0.0868. The Morgan fingerprint density at radius 3 is 2.56 bits per heavy atom. The predicted octanol–water partition coefficient (Wildman–Crippen LogP) is 1.49. The molecule has 0 spiro atoms. The highest BCUT2D eigenvalue weighted by Crippen LogP contribution is 2.37. The van der Waals surface area contributed by atoms with Crippen molar-refractivity contribution in [1.29, 1.82) is 0 Å². The van der Waals surface area contributed by atoms with Gasteiger partial charge in [0.25, 0.3) is 0 Å². The Morgan fingerprint density at radius 1 is 1.44 bits per heavy atom. The number of hydrogen-bond donors (Lipinski definition) is 1. The quantitative estimate of drug-likeness (QED) is 0.645. The molecule has 0 aromatic rings. The predicted molar refractivity (Wildman–Crippen MR) is 74.7 cm³/mol. The summed E-state index contributed by atoms with van der Waals surface area (Å²) in [5.41, 5.74) is 5.93. The van der Waals surface area contributed by atoms with Crippen molar-refractivity contribution >= 4 is 0 Å². The van der Waals surface area contributed by atoms with Crippen LogP contribution in [0.4, 0.5) is 0 Å². The van der Waals surface area contributed by atoms with Crippen molar-refractivity contribution in [3.05, 3.63) is 0 Å². The Hall–Kier alpha value is -0.160. The Balaban J connectivity index is 2.69. The zero-order chi connectivity index (χ0) is 13.6. The van der Waals surface area contributed by atoms with Crippen molar-refractivity contribution in [2.75, 3.05) is 40.0 Å². The molecule has 4 nitrogen and oxygen atoms in total. The summed E-state index contributed by atoms with van der Waals surface area (Å²) in [6.07, 6.45) is 2.69. The van der Waals surface area contributed by atoms with E-state index in [1.165, 1.54) is 12.8 Å². The van der Waals surface area contributed by atoms with Crippen molar-refractivity contribution in [1.82, 2.24) is 4.90 Å². The van der Waals surface area contributed by atoms with E-state index in [4.69, 9.17) is 15.2 Å². The normalized spacial score (nSPS) is 21.0. The summed E-state index contributed by atoms with van der Waals surface area (Å²) in [4.78, 5) is 2.49. The first-order valence-electron chi connectivity index (χ1n) is 7.12. The third kappa shape index (κ3) is 4.19. The lowest BCUT2D eigenvalue weighted by Crippen LogP contribution is -2.59. The van der Waals surface area contributed by atoms with Crippen LogP contribution < -0.4 is 5.73 Å². The van der Waals surface area contributed by atoms with E-state index in [0.717, 1.165) is 25.7 Å². The van der Waals surface area contributed by atoms with Gasteiger partial charge < -0.3 is 15.2 Å². The second-order valence-electron chi connectivity index (χ2n) is 5.60. The number of hydrogen-bond acceptors (Lipinski definition) is 4. The van der Waals surface area contributed by atoms with Gasteiger partial charge in [-0.05, 0) is 39.5 Å². The van der Waals surface area contributed by atoms with Crippen LogP contribution in [0.5, 0.6) is 0 Å². The minimum Gasteiger partial charge on any atom is -0.383 e. The molecule has 0 radical (unpaired) electrons. The number of methoxy groups -OCH3 is 1. The molecule has 0 amide bonds. The lowest BCUT2D eigenvalue weighted by atomic mass is 9.97. The van der Waals surface area contributed by atoms with E-state index in [9.17, 15) is 0 Å². The summed E-state index contributed by atoms with van der Waals surface area (Å²) in [5, 5.41) is 0. The second kappa shape index (κ2) is 7.43. The molecule has 108 valence electrons. The Morgan fingerprint density at radius 2 is 2.11 bits per heavy atom. The van der Waals surface area contributed by atoms with Crippen molar-refractivity contribution in [2.24, 2.45) is 11.7 Å². The van der Waals surface area contributed by atoms with Crippen LogP contribution in [0.3, 0.4) is 0 Å². The number of rotatable bonds is 10. The first kappa shape index (κ1) is 15.9. The fourth-order valence-corrected chi connectivity index (χ4v) is 2.57. The maximum atomic E-state index is 6.02. The van der Waals surface area contributed by atoms with Crippen molar-refractivity contribution in [3.63, 3.8) is 0 Å². The Labute approximate surface area is 112 Å². The minimum atomic E-state index is -0.0868. The van der Waals surface area contributed by atoms with Crippen molar-refractivity contribution in [3.8, 4) is 0 Å². The van der Waals surface area contributed by atoms with Gasteiger partial charge in [-0.3, -0.25) is 4.90 Å². The highest BCUT2D eigenvalue weighted by atomic mass is 16.5. The van der Waals surface area contributed by atoms with Gasteiger partial charge in [0, 0.05) is 32.8 Å². The highest BCUT2D eigenvalue weighted by Gasteiger charge is 2.40. The summed E-state index contributed by atoms with van der Waals surface area (Å²) in [7, 11) is 1.75. The molecule has 4 heteroatoms. The van der Waals surface area contributed by atoms with Gasteiger partial charge in [0.15, 0.2) is 0 Å². The molecule has 18 heavy (non-hydrogen) atoms. The summed E-state index contributed by atoms with van der Waals surface area (Å²) in [6, 6.07) is 0.564. The van der Waals surface area contributed by atoms with Crippen LogP contribution in [0.25, 0.3) is 0 Å². The molecule has 0 saturated heterocycles. The first-order valence-corrected chi connectivity index (χ1v) is 7.12. The molecular formula is C14H30N2O2. The van der Waals surface area contributed by atoms with Gasteiger partial charge in [-0.25, -0.2) is 0 Å². The fraction of sp³-hybridized carbons (Fsp3) is 1.00. The van der Waals surface area contributed by atoms with Crippen LogP contribution in [-0.2, 0) is 9.47 Å². The van der Waals surface area contributed by atoms with Gasteiger partial charge in [0.1, 0.15) is 0 Å². The molecule has 0 aromatic heterocycles. The molecular weight excluding hydrogens is 228 g/mol. The standard InChI is InChI=1S/C14H30N2O2/c1-5-18-11-14(3,10-15)16(8-9-17-4)12(2)13-6-7-13/h12-13H,5-11,15H2,1-4H3. The lowest BCUT2D eigenvalue weighted by molar-refractivity contribution is -0.0257. The van der Waals surface area contributed by atoms with Crippen LogP contribution in [0.15, 0.2) is 0 Å². The molecule has 1 fully saturated rings. The zero-order valence-electron chi connectivity index (χ0n) is 12.4. The van der Waals surface area contributed by atoms with E-state index in [1.54, 1.807) is 7.11 Å². The number of ether oxygens (including phenoxy) is 2. The molecule has 2 N–H and O–H groups in total. The summed E-state index contributed by atoms with van der Waals surface area (Å²) < 4.78 is 10.9. The molecule has 1 aliphatic rings. The van der Waals surface area contributed by atoms with Crippen LogP contribution in [0.2, 0.25) is 0 Å². The van der Waals surface area contributed by atoms with Crippen LogP contribution in [-0.4, -0.2) is 56.5 Å². The van der Waals surface area contributed by atoms with E-state index >= 15 is 0 Å². The van der Waals surface area contributed by atoms with Gasteiger partial charge in [-0.1, -0.05) is 0 Å². The van der Waals surface area contributed by atoms with Gasteiger partial charge in [0.2, 0.25) is 0 Å². The Kier molecular flexibility index (Phi) is 6.57. The summed E-state index contributed by atoms with van der Waals surface area (Å²) in [6.45, 7) is 10.3. The second-order valence-corrected chi connectivity index (χ2v) is 5.60. The molecule has 1 aliphatic carbocycles. The first-order chi connectivity index (χ1) is 8.59. The monoisotopic (exact) mass is 258 g/mol. The van der Waals surface area contributed by atoms with E-state index in [2.05, 4.69) is 18.7 Å². The zero-order valence-corrected chi connectivity index (χ0v) is 12.4. The number of nitrogens with two attached hydrogens (primary N) is 1. The van der Waals surface area contributed by atoms with Crippen LogP contribution >= 0.6 is 0 Å². The Bertz CT molecular complexity index is 234. The van der Waals surface area contributed by atoms with Gasteiger partial charge in [0.05, 0.1) is 18.8 Å². The molecule has 0 bridgehead atoms. The molecule has 0 aromatic carbocycles. The molecule has 1 rings (SSSR count). The summed E-state index contributed by atoms with van der Waals surface area (Å²) >= 11 is 0. The largest absolute Gasteiger partial charge is 0.383 e.